The molecular weight excluding hydrogens is 490 g/mol. The van der Waals surface area contributed by atoms with Crippen LogP contribution in [-0.2, 0) is 15.0 Å². The SMILES string of the molecule is CCOc1ccc(/C(O)=C2/C(=O)C(=O)N(c3ccc(C(C)(C)C)cc3)C2c2ccc(OC(C)C)cc2)cc1C. The van der Waals surface area contributed by atoms with Gasteiger partial charge in [0.1, 0.15) is 17.3 Å². The van der Waals surface area contributed by atoms with Crippen LogP contribution in [0.15, 0.2) is 72.3 Å². The highest BCUT2D eigenvalue weighted by atomic mass is 16.5. The second-order valence-electron chi connectivity index (χ2n) is 11.1. The number of ketones is 1. The first-order chi connectivity index (χ1) is 18.4. The molecular formula is C33H37NO5. The highest BCUT2D eigenvalue weighted by Crippen LogP contribution is 2.43. The van der Waals surface area contributed by atoms with E-state index in [1.807, 2.05) is 76.2 Å². The summed E-state index contributed by atoms with van der Waals surface area (Å²) >= 11 is 0. The number of aryl methyl sites for hydroxylation is 1. The lowest BCUT2D eigenvalue weighted by molar-refractivity contribution is -0.132. The Bertz CT molecular complexity index is 1400. The molecule has 1 saturated heterocycles. The number of hydrogen-bond acceptors (Lipinski definition) is 5. The first kappa shape index (κ1) is 28.0. The minimum Gasteiger partial charge on any atom is -0.507 e. The van der Waals surface area contributed by atoms with Crippen LogP contribution in [0.2, 0.25) is 0 Å². The maximum absolute atomic E-state index is 13.5. The smallest absolute Gasteiger partial charge is 0.300 e. The molecule has 39 heavy (non-hydrogen) atoms. The molecule has 0 aromatic heterocycles. The number of anilines is 1. The zero-order chi connectivity index (χ0) is 28.5. The number of hydrogen-bond donors (Lipinski definition) is 1. The largest absolute Gasteiger partial charge is 0.507 e. The monoisotopic (exact) mass is 527 g/mol. The molecule has 6 heteroatoms. The summed E-state index contributed by atoms with van der Waals surface area (Å²) in [6, 6.07) is 19.4. The topological polar surface area (TPSA) is 76.1 Å². The molecule has 0 radical (unpaired) electrons. The van der Waals surface area contributed by atoms with E-state index in [1.54, 1.807) is 18.2 Å². The van der Waals surface area contributed by atoms with Crippen molar-refractivity contribution in [1.29, 1.82) is 0 Å². The van der Waals surface area contributed by atoms with Gasteiger partial charge in [0.05, 0.1) is 24.3 Å². The Labute approximate surface area is 230 Å². The van der Waals surface area contributed by atoms with E-state index in [2.05, 4.69) is 20.8 Å². The van der Waals surface area contributed by atoms with Crippen molar-refractivity contribution < 1.29 is 24.2 Å². The van der Waals surface area contributed by atoms with Gasteiger partial charge < -0.3 is 14.6 Å². The summed E-state index contributed by atoms with van der Waals surface area (Å²) in [6.07, 6.45) is 0.00529. The third-order valence-electron chi connectivity index (χ3n) is 6.77. The van der Waals surface area contributed by atoms with Gasteiger partial charge in [-0.1, -0.05) is 45.0 Å². The van der Waals surface area contributed by atoms with E-state index in [9.17, 15) is 14.7 Å². The molecule has 1 aliphatic heterocycles. The number of carbonyl (C=O) groups is 2. The number of rotatable bonds is 7. The third kappa shape index (κ3) is 5.70. The van der Waals surface area contributed by atoms with Crippen molar-refractivity contribution in [1.82, 2.24) is 0 Å². The van der Waals surface area contributed by atoms with Crippen molar-refractivity contribution in [3.05, 3.63) is 94.6 Å². The number of aliphatic hydroxyl groups excluding tert-OH is 1. The number of benzene rings is 3. The van der Waals surface area contributed by atoms with Crippen LogP contribution in [0.25, 0.3) is 5.76 Å². The molecule has 204 valence electrons. The van der Waals surface area contributed by atoms with Crippen LogP contribution in [-0.4, -0.2) is 29.5 Å². The maximum Gasteiger partial charge on any atom is 0.300 e. The third-order valence-corrected chi connectivity index (χ3v) is 6.77. The summed E-state index contributed by atoms with van der Waals surface area (Å²) in [5.41, 5.74) is 3.62. The van der Waals surface area contributed by atoms with Crippen LogP contribution in [0.5, 0.6) is 11.5 Å². The standard InChI is InChI=1S/C33H37NO5/c1-8-38-27-18-11-23(19-21(27)4)30(35)28-29(22-9-16-26(17-10-22)39-20(2)3)34(32(37)31(28)36)25-14-12-24(13-15-25)33(5,6)7/h9-20,29,35H,8H2,1-7H3/b30-28-. The molecule has 0 aliphatic carbocycles. The molecule has 1 N–H and O–H groups in total. The van der Waals surface area contributed by atoms with E-state index < -0.39 is 17.7 Å². The molecule has 1 atom stereocenters. The van der Waals surface area contributed by atoms with E-state index in [-0.39, 0.29) is 22.9 Å². The average molecular weight is 528 g/mol. The molecule has 3 aromatic rings. The van der Waals surface area contributed by atoms with Gasteiger partial charge in [-0.05, 0) is 92.3 Å². The van der Waals surface area contributed by atoms with Gasteiger partial charge in [0.25, 0.3) is 11.7 Å². The number of carbonyl (C=O) groups excluding carboxylic acids is 2. The van der Waals surface area contributed by atoms with Crippen LogP contribution in [0.1, 0.15) is 69.8 Å². The minimum atomic E-state index is -0.814. The zero-order valence-corrected chi connectivity index (χ0v) is 23.7. The summed E-state index contributed by atoms with van der Waals surface area (Å²) in [5, 5.41) is 11.5. The van der Waals surface area contributed by atoms with Gasteiger partial charge >= 0.3 is 0 Å². The van der Waals surface area contributed by atoms with Crippen molar-refractivity contribution in [3.8, 4) is 11.5 Å². The number of nitrogens with zero attached hydrogens (tertiary/aromatic N) is 1. The van der Waals surface area contributed by atoms with Crippen molar-refractivity contribution in [2.24, 2.45) is 0 Å². The second-order valence-corrected chi connectivity index (χ2v) is 11.1. The summed E-state index contributed by atoms with van der Waals surface area (Å²) < 4.78 is 11.4. The Morgan fingerprint density at radius 3 is 2.15 bits per heavy atom. The first-order valence-electron chi connectivity index (χ1n) is 13.3. The van der Waals surface area contributed by atoms with Gasteiger partial charge in [0.2, 0.25) is 0 Å². The fraction of sp³-hybridized carbons (Fsp3) is 0.333. The van der Waals surface area contributed by atoms with E-state index >= 15 is 0 Å². The molecule has 0 spiro atoms. The van der Waals surface area contributed by atoms with E-state index in [0.29, 0.717) is 34.9 Å². The predicted molar refractivity (Wildman–Crippen MR) is 154 cm³/mol. The van der Waals surface area contributed by atoms with Gasteiger partial charge in [-0.2, -0.15) is 0 Å². The molecule has 1 amide bonds. The van der Waals surface area contributed by atoms with Gasteiger partial charge in [0, 0.05) is 11.3 Å². The van der Waals surface area contributed by atoms with E-state index in [4.69, 9.17) is 9.47 Å². The Morgan fingerprint density at radius 1 is 0.974 bits per heavy atom. The Balaban J connectivity index is 1.87. The van der Waals surface area contributed by atoms with Crippen LogP contribution in [0.3, 0.4) is 0 Å². The first-order valence-corrected chi connectivity index (χ1v) is 13.3. The average Bonchev–Trinajstić information content (AvgIpc) is 3.15. The van der Waals surface area contributed by atoms with Gasteiger partial charge in [-0.25, -0.2) is 0 Å². The summed E-state index contributed by atoms with van der Waals surface area (Å²) in [5.74, 6) is -0.254. The van der Waals surface area contributed by atoms with Crippen molar-refractivity contribution in [2.45, 2.75) is 66.0 Å². The summed E-state index contributed by atoms with van der Waals surface area (Å²) in [7, 11) is 0. The predicted octanol–water partition coefficient (Wildman–Crippen LogP) is 7.10. The Morgan fingerprint density at radius 2 is 1.62 bits per heavy atom. The molecule has 4 rings (SSSR count). The van der Waals surface area contributed by atoms with Crippen LogP contribution < -0.4 is 14.4 Å². The second kappa shape index (κ2) is 11.0. The zero-order valence-electron chi connectivity index (χ0n) is 23.7. The maximum atomic E-state index is 13.5. The number of amides is 1. The van der Waals surface area contributed by atoms with Gasteiger partial charge in [-0.15, -0.1) is 0 Å². The molecule has 6 nitrogen and oxygen atoms in total. The molecule has 3 aromatic carbocycles. The fourth-order valence-electron chi connectivity index (χ4n) is 4.81. The van der Waals surface area contributed by atoms with Crippen LogP contribution in [0, 0.1) is 6.92 Å². The molecule has 1 heterocycles. The van der Waals surface area contributed by atoms with E-state index in [1.165, 1.54) is 4.90 Å². The highest BCUT2D eigenvalue weighted by Gasteiger charge is 2.47. The molecule has 0 saturated carbocycles. The number of ether oxygens (including phenoxy) is 2. The highest BCUT2D eigenvalue weighted by molar-refractivity contribution is 6.51. The van der Waals surface area contributed by atoms with Crippen molar-refractivity contribution in [2.75, 3.05) is 11.5 Å². The number of aliphatic hydroxyl groups is 1. The lowest BCUT2D eigenvalue weighted by Crippen LogP contribution is -2.29. The quantitative estimate of drug-likeness (QED) is 0.201. The number of Topliss-reactive ketones (excluding diaryl/α,β-unsaturated/α-hetero) is 1. The lowest BCUT2D eigenvalue weighted by atomic mass is 9.87. The van der Waals surface area contributed by atoms with Crippen LogP contribution >= 0.6 is 0 Å². The molecule has 0 bridgehead atoms. The molecule has 1 fully saturated rings. The lowest BCUT2D eigenvalue weighted by Gasteiger charge is -2.27. The Hall–Kier alpha value is -4.06. The summed E-state index contributed by atoms with van der Waals surface area (Å²) in [4.78, 5) is 28.5. The van der Waals surface area contributed by atoms with Crippen molar-refractivity contribution >= 4 is 23.1 Å². The van der Waals surface area contributed by atoms with Crippen LogP contribution in [0.4, 0.5) is 5.69 Å². The van der Waals surface area contributed by atoms with Crippen molar-refractivity contribution in [3.63, 3.8) is 0 Å². The van der Waals surface area contributed by atoms with E-state index in [0.717, 1.165) is 11.1 Å². The summed E-state index contributed by atoms with van der Waals surface area (Å²) in [6.45, 7) is 14.5. The van der Waals surface area contributed by atoms with Gasteiger partial charge in [0.15, 0.2) is 0 Å². The molecule has 1 unspecified atom stereocenters. The van der Waals surface area contributed by atoms with Gasteiger partial charge in [-0.3, -0.25) is 14.5 Å². The molecule has 1 aliphatic rings. The fourth-order valence-corrected chi connectivity index (χ4v) is 4.81. The Kier molecular flexibility index (Phi) is 7.86. The normalized spacial score (nSPS) is 17.1. The minimum absolute atomic E-state index is 0.00529.